The zero-order chi connectivity index (χ0) is 12.4. The van der Waals surface area contributed by atoms with E-state index < -0.39 is 0 Å². The van der Waals surface area contributed by atoms with Crippen molar-refractivity contribution in [3.8, 4) is 0 Å². The molecule has 1 N–H and O–H groups in total. The lowest BCUT2D eigenvalue weighted by atomic mass is 10.1. The number of aromatic nitrogens is 2. The molecule has 1 fully saturated rings. The number of nitrogens with zero attached hydrogens (tertiary/aromatic N) is 2. The van der Waals surface area contributed by atoms with Gasteiger partial charge in [-0.3, -0.25) is 0 Å². The van der Waals surface area contributed by atoms with Crippen molar-refractivity contribution >= 4 is 11.3 Å². The predicted octanol–water partition coefficient (Wildman–Crippen LogP) is 2.98. The molecule has 1 aliphatic rings. The summed E-state index contributed by atoms with van der Waals surface area (Å²) in [5, 5.41) is 5.74. The average Bonchev–Trinajstić information content (AvgIpc) is 3.09. The van der Waals surface area contributed by atoms with E-state index in [0.29, 0.717) is 6.04 Å². The zero-order valence-corrected chi connectivity index (χ0v) is 11.5. The Balaban J connectivity index is 1.82. The van der Waals surface area contributed by atoms with Gasteiger partial charge in [0.15, 0.2) is 0 Å². The molecule has 0 bridgehead atoms. The molecule has 1 unspecified atom stereocenters. The van der Waals surface area contributed by atoms with Crippen molar-refractivity contribution in [2.45, 2.75) is 38.8 Å². The van der Waals surface area contributed by atoms with E-state index in [9.17, 15) is 0 Å². The van der Waals surface area contributed by atoms with E-state index in [1.165, 1.54) is 29.0 Å². The van der Waals surface area contributed by atoms with E-state index >= 15 is 0 Å². The molecule has 1 saturated heterocycles. The fourth-order valence-electron chi connectivity index (χ4n) is 2.67. The van der Waals surface area contributed by atoms with Gasteiger partial charge in [-0.15, -0.1) is 11.3 Å². The van der Waals surface area contributed by atoms with Crippen LogP contribution in [0.2, 0.25) is 0 Å². The summed E-state index contributed by atoms with van der Waals surface area (Å²) < 4.78 is 2.30. The van der Waals surface area contributed by atoms with Gasteiger partial charge in [0.05, 0.1) is 18.6 Å². The van der Waals surface area contributed by atoms with Crippen molar-refractivity contribution in [3.05, 3.63) is 40.1 Å². The van der Waals surface area contributed by atoms with Crippen molar-refractivity contribution in [3.63, 3.8) is 0 Å². The van der Waals surface area contributed by atoms with E-state index in [0.717, 1.165) is 19.5 Å². The van der Waals surface area contributed by atoms with Crippen molar-refractivity contribution in [1.29, 1.82) is 0 Å². The largest absolute Gasteiger partial charge is 0.328 e. The van der Waals surface area contributed by atoms with Crippen LogP contribution in [0.5, 0.6) is 0 Å². The first kappa shape index (κ1) is 11.9. The predicted molar refractivity (Wildman–Crippen MR) is 75.0 cm³/mol. The molecule has 0 aliphatic carbocycles. The monoisotopic (exact) mass is 261 g/mol. The number of imidazole rings is 1. The molecule has 2 aromatic heterocycles. The quantitative estimate of drug-likeness (QED) is 0.917. The topological polar surface area (TPSA) is 29.9 Å². The second-order valence-electron chi connectivity index (χ2n) is 4.82. The highest BCUT2D eigenvalue weighted by Gasteiger charge is 2.20. The van der Waals surface area contributed by atoms with Gasteiger partial charge >= 0.3 is 0 Å². The van der Waals surface area contributed by atoms with Gasteiger partial charge in [0.2, 0.25) is 0 Å². The molecule has 0 aromatic carbocycles. The first-order chi connectivity index (χ1) is 8.88. The van der Waals surface area contributed by atoms with Crippen LogP contribution < -0.4 is 5.32 Å². The molecule has 1 aliphatic heterocycles. The van der Waals surface area contributed by atoms with Crippen LogP contribution in [0.3, 0.4) is 0 Å². The van der Waals surface area contributed by atoms with E-state index in [-0.39, 0.29) is 0 Å². The van der Waals surface area contributed by atoms with Crippen LogP contribution in [-0.4, -0.2) is 16.1 Å². The summed E-state index contributed by atoms with van der Waals surface area (Å²) in [5.41, 5.74) is 2.81. The van der Waals surface area contributed by atoms with Gasteiger partial charge in [-0.05, 0) is 42.8 Å². The highest BCUT2D eigenvalue weighted by Crippen LogP contribution is 2.25. The van der Waals surface area contributed by atoms with Crippen LogP contribution in [0, 0.1) is 0 Å². The van der Waals surface area contributed by atoms with E-state index in [4.69, 9.17) is 0 Å². The highest BCUT2D eigenvalue weighted by molar-refractivity contribution is 7.10. The summed E-state index contributed by atoms with van der Waals surface area (Å²) in [5.74, 6) is 0. The molecule has 0 saturated carbocycles. The minimum absolute atomic E-state index is 0.498. The van der Waals surface area contributed by atoms with Gasteiger partial charge in [0, 0.05) is 17.1 Å². The second-order valence-corrected chi connectivity index (χ2v) is 5.82. The van der Waals surface area contributed by atoms with Crippen LogP contribution in [-0.2, 0) is 13.0 Å². The maximum absolute atomic E-state index is 4.33. The smallest absolute Gasteiger partial charge is 0.0952 e. The van der Waals surface area contributed by atoms with E-state index in [1.54, 1.807) is 0 Å². The van der Waals surface area contributed by atoms with Crippen LogP contribution in [0.15, 0.2) is 24.0 Å². The Kier molecular flexibility index (Phi) is 3.48. The molecule has 0 spiro atoms. The maximum atomic E-state index is 4.33. The lowest BCUT2D eigenvalue weighted by Gasteiger charge is -2.14. The summed E-state index contributed by atoms with van der Waals surface area (Å²) >= 11 is 1.85. The van der Waals surface area contributed by atoms with Crippen LogP contribution in [0.4, 0.5) is 0 Å². The summed E-state index contributed by atoms with van der Waals surface area (Å²) in [6, 6.07) is 2.74. The van der Waals surface area contributed by atoms with Crippen molar-refractivity contribution in [2.75, 3.05) is 6.54 Å². The first-order valence-electron chi connectivity index (χ1n) is 6.67. The van der Waals surface area contributed by atoms with Crippen molar-refractivity contribution < 1.29 is 0 Å². The molecule has 4 heteroatoms. The molecular weight excluding hydrogens is 242 g/mol. The number of aryl methyl sites for hydroxylation is 1. The lowest BCUT2D eigenvalue weighted by Crippen LogP contribution is -2.17. The number of rotatable bonds is 4. The Hall–Kier alpha value is -1.13. The summed E-state index contributed by atoms with van der Waals surface area (Å²) in [6.45, 7) is 4.32. The van der Waals surface area contributed by atoms with Gasteiger partial charge in [0.25, 0.3) is 0 Å². The number of hydrogen-bond acceptors (Lipinski definition) is 3. The van der Waals surface area contributed by atoms with E-state index in [1.807, 2.05) is 23.9 Å². The third-order valence-corrected chi connectivity index (χ3v) is 4.64. The first-order valence-corrected chi connectivity index (χ1v) is 7.55. The Morgan fingerprint density at radius 1 is 1.56 bits per heavy atom. The molecule has 96 valence electrons. The van der Waals surface area contributed by atoms with Crippen LogP contribution >= 0.6 is 11.3 Å². The molecule has 3 nitrogen and oxygen atoms in total. The Morgan fingerprint density at radius 2 is 2.50 bits per heavy atom. The fourth-order valence-corrected chi connectivity index (χ4v) is 3.64. The Labute approximate surface area is 112 Å². The van der Waals surface area contributed by atoms with Gasteiger partial charge in [-0.2, -0.15) is 0 Å². The SMILES string of the molecule is CCc1ccsc1Cn1cncc1C1CCCN1. The lowest BCUT2D eigenvalue weighted by molar-refractivity contribution is 0.585. The molecule has 3 rings (SSSR count). The average molecular weight is 261 g/mol. The Morgan fingerprint density at radius 3 is 3.28 bits per heavy atom. The third-order valence-electron chi connectivity index (χ3n) is 3.69. The number of thiophene rings is 1. The van der Waals surface area contributed by atoms with Crippen molar-refractivity contribution in [1.82, 2.24) is 14.9 Å². The molecule has 18 heavy (non-hydrogen) atoms. The molecule has 3 heterocycles. The minimum Gasteiger partial charge on any atom is -0.328 e. The Bertz CT molecular complexity index is 509. The third kappa shape index (κ3) is 2.22. The summed E-state index contributed by atoms with van der Waals surface area (Å²) in [6.07, 6.45) is 7.60. The molecular formula is C14H19N3S. The number of hydrogen-bond donors (Lipinski definition) is 1. The molecule has 0 amide bonds. The van der Waals surface area contributed by atoms with Crippen LogP contribution in [0.1, 0.15) is 41.9 Å². The standard InChI is InChI=1S/C14H19N3S/c1-2-11-5-7-18-14(11)9-17-10-15-8-13(17)12-4-3-6-16-12/h5,7-8,10,12,16H,2-4,6,9H2,1H3. The highest BCUT2D eigenvalue weighted by atomic mass is 32.1. The van der Waals surface area contributed by atoms with Gasteiger partial charge in [-0.1, -0.05) is 6.92 Å². The number of nitrogens with one attached hydrogen (secondary N) is 1. The van der Waals surface area contributed by atoms with Gasteiger partial charge in [0.1, 0.15) is 0 Å². The maximum Gasteiger partial charge on any atom is 0.0952 e. The molecule has 0 radical (unpaired) electrons. The van der Waals surface area contributed by atoms with Crippen molar-refractivity contribution in [2.24, 2.45) is 0 Å². The zero-order valence-electron chi connectivity index (χ0n) is 10.7. The van der Waals surface area contributed by atoms with Gasteiger partial charge in [-0.25, -0.2) is 4.98 Å². The van der Waals surface area contributed by atoms with Gasteiger partial charge < -0.3 is 9.88 Å². The van der Waals surface area contributed by atoms with Crippen LogP contribution in [0.25, 0.3) is 0 Å². The van der Waals surface area contributed by atoms with E-state index in [2.05, 4.69) is 33.2 Å². The molecule has 2 aromatic rings. The minimum atomic E-state index is 0.498. The fraction of sp³-hybridized carbons (Fsp3) is 0.500. The normalized spacial score (nSPS) is 19.5. The summed E-state index contributed by atoms with van der Waals surface area (Å²) in [7, 11) is 0. The summed E-state index contributed by atoms with van der Waals surface area (Å²) in [4.78, 5) is 5.80. The second kappa shape index (κ2) is 5.24. The molecule has 1 atom stereocenters.